The van der Waals surface area contributed by atoms with Crippen LogP contribution in [0.5, 0.6) is 0 Å². The third-order valence-corrected chi connectivity index (χ3v) is 3.80. The fourth-order valence-corrected chi connectivity index (χ4v) is 2.62. The van der Waals surface area contributed by atoms with Gasteiger partial charge in [0.25, 0.3) is 5.91 Å². The van der Waals surface area contributed by atoms with Gasteiger partial charge in [0, 0.05) is 43.5 Å². The van der Waals surface area contributed by atoms with Crippen LogP contribution in [-0.2, 0) is 6.42 Å². The molecule has 0 aliphatic heterocycles. The van der Waals surface area contributed by atoms with Crippen molar-refractivity contribution in [2.24, 2.45) is 0 Å². The molecule has 0 aliphatic carbocycles. The number of hydrogen-bond acceptors (Lipinski definition) is 7. The number of anilines is 1. The first-order valence-electron chi connectivity index (χ1n) is 5.90. The molecule has 0 aliphatic rings. The third-order valence-electron chi connectivity index (χ3n) is 2.51. The average Bonchev–Trinajstić information content (AvgIpc) is 3.08. The van der Waals surface area contributed by atoms with Gasteiger partial charge < -0.3 is 10.2 Å². The van der Waals surface area contributed by atoms with Crippen molar-refractivity contribution in [3.63, 3.8) is 0 Å². The van der Waals surface area contributed by atoms with Gasteiger partial charge in [-0.1, -0.05) is 6.92 Å². The molecule has 0 aromatic carbocycles. The topological polar surface area (TPSA) is 71.0 Å². The fraction of sp³-hybridized carbons (Fsp3) is 0.455. The molecule has 2 aromatic heterocycles. The Morgan fingerprint density at radius 1 is 1.53 bits per heavy atom. The molecule has 1 N–H and O–H groups in total. The van der Waals surface area contributed by atoms with Gasteiger partial charge in [-0.25, -0.2) is 9.97 Å². The summed E-state index contributed by atoms with van der Waals surface area (Å²) in [7, 11) is 1.76. The minimum absolute atomic E-state index is 0.0606. The minimum Gasteiger partial charge on any atom is -0.359 e. The van der Waals surface area contributed by atoms with Crippen molar-refractivity contribution < 1.29 is 4.79 Å². The van der Waals surface area contributed by atoms with Crippen molar-refractivity contribution in [2.75, 3.05) is 25.5 Å². The number of nitrogens with zero attached hydrogens (tertiary/aromatic N) is 4. The van der Waals surface area contributed by atoms with Crippen molar-refractivity contribution >= 4 is 33.9 Å². The van der Waals surface area contributed by atoms with Gasteiger partial charge in [-0.2, -0.15) is 4.37 Å². The molecule has 8 heteroatoms. The Morgan fingerprint density at radius 2 is 2.37 bits per heavy atom. The van der Waals surface area contributed by atoms with Crippen LogP contribution in [0.3, 0.4) is 0 Å². The van der Waals surface area contributed by atoms with E-state index in [1.54, 1.807) is 22.8 Å². The summed E-state index contributed by atoms with van der Waals surface area (Å²) in [5, 5.41) is 5.72. The van der Waals surface area contributed by atoms with E-state index in [1.165, 1.54) is 22.9 Å². The van der Waals surface area contributed by atoms with Crippen molar-refractivity contribution in [3.8, 4) is 0 Å². The molecule has 19 heavy (non-hydrogen) atoms. The van der Waals surface area contributed by atoms with E-state index in [0.29, 0.717) is 18.8 Å². The van der Waals surface area contributed by atoms with Crippen LogP contribution in [0.15, 0.2) is 10.9 Å². The summed E-state index contributed by atoms with van der Waals surface area (Å²) in [5.74, 6) is 0.786. The molecule has 0 spiro atoms. The van der Waals surface area contributed by atoms with E-state index in [9.17, 15) is 4.79 Å². The van der Waals surface area contributed by atoms with Gasteiger partial charge in [0.2, 0.25) is 5.13 Å². The first kappa shape index (κ1) is 13.9. The molecule has 102 valence electrons. The molecule has 0 saturated carbocycles. The average molecular weight is 297 g/mol. The first-order chi connectivity index (χ1) is 9.20. The molecular weight excluding hydrogens is 282 g/mol. The second-order valence-corrected chi connectivity index (χ2v) is 5.37. The second kappa shape index (κ2) is 6.58. The van der Waals surface area contributed by atoms with E-state index in [1.807, 2.05) is 6.92 Å². The molecular formula is C11H15N5OS2. The van der Waals surface area contributed by atoms with Crippen molar-refractivity contribution in [2.45, 2.75) is 13.3 Å². The Kier molecular flexibility index (Phi) is 4.80. The number of rotatable bonds is 6. The zero-order valence-electron chi connectivity index (χ0n) is 10.8. The molecule has 6 nitrogen and oxygen atoms in total. The highest BCUT2D eigenvalue weighted by molar-refractivity contribution is 7.09. The minimum atomic E-state index is -0.0606. The standard InChI is InChI=1S/C11H15N5OS2/c1-3-9-14-11(19-15-9)12-4-5-16(2)10(17)8-6-18-7-13-8/h6-7H,3-5H2,1-2H3,(H,12,14,15). The molecule has 2 rings (SSSR count). The van der Waals surface area contributed by atoms with Gasteiger partial charge >= 0.3 is 0 Å². The monoisotopic (exact) mass is 297 g/mol. The van der Waals surface area contributed by atoms with Gasteiger partial charge in [-0.05, 0) is 0 Å². The normalized spacial score (nSPS) is 10.4. The highest BCUT2D eigenvalue weighted by atomic mass is 32.1. The number of aryl methyl sites for hydroxylation is 1. The maximum absolute atomic E-state index is 11.9. The van der Waals surface area contributed by atoms with Gasteiger partial charge in [-0.15, -0.1) is 11.3 Å². The van der Waals surface area contributed by atoms with Gasteiger partial charge in [-0.3, -0.25) is 4.79 Å². The van der Waals surface area contributed by atoms with E-state index in [2.05, 4.69) is 19.7 Å². The van der Waals surface area contributed by atoms with E-state index >= 15 is 0 Å². The number of hydrogen-bond donors (Lipinski definition) is 1. The summed E-state index contributed by atoms with van der Waals surface area (Å²) in [4.78, 5) is 21.9. The highest BCUT2D eigenvalue weighted by Gasteiger charge is 2.13. The Morgan fingerprint density at radius 3 is 3.00 bits per heavy atom. The van der Waals surface area contributed by atoms with Crippen molar-refractivity contribution in [3.05, 3.63) is 22.4 Å². The van der Waals surface area contributed by atoms with Crippen LogP contribution in [0, 0.1) is 0 Å². The molecule has 0 fully saturated rings. The smallest absolute Gasteiger partial charge is 0.273 e. The van der Waals surface area contributed by atoms with Crippen LogP contribution in [-0.4, -0.2) is 45.3 Å². The molecule has 1 amide bonds. The molecule has 0 bridgehead atoms. The second-order valence-electron chi connectivity index (χ2n) is 3.90. The SMILES string of the molecule is CCc1nsc(NCCN(C)C(=O)c2cscn2)n1. The van der Waals surface area contributed by atoms with Crippen LogP contribution in [0.2, 0.25) is 0 Å². The van der Waals surface area contributed by atoms with Crippen molar-refractivity contribution in [1.82, 2.24) is 19.2 Å². The summed E-state index contributed by atoms with van der Waals surface area (Å²) in [6, 6.07) is 0. The number of nitrogens with one attached hydrogen (secondary N) is 1. The number of carbonyl (C=O) groups excluding carboxylic acids is 1. The van der Waals surface area contributed by atoms with Crippen LogP contribution in [0.25, 0.3) is 0 Å². The van der Waals surface area contributed by atoms with Crippen LogP contribution >= 0.6 is 22.9 Å². The lowest BCUT2D eigenvalue weighted by molar-refractivity contribution is 0.0795. The Balaban J connectivity index is 1.77. The zero-order valence-corrected chi connectivity index (χ0v) is 12.4. The maximum Gasteiger partial charge on any atom is 0.273 e. The predicted molar refractivity (Wildman–Crippen MR) is 76.9 cm³/mol. The number of aromatic nitrogens is 3. The summed E-state index contributed by atoms with van der Waals surface area (Å²) in [5.41, 5.74) is 2.16. The zero-order chi connectivity index (χ0) is 13.7. The van der Waals surface area contributed by atoms with Gasteiger partial charge in [0.1, 0.15) is 11.5 Å². The fourth-order valence-electron chi connectivity index (χ4n) is 1.42. The first-order valence-corrected chi connectivity index (χ1v) is 7.62. The maximum atomic E-state index is 11.9. The lowest BCUT2D eigenvalue weighted by atomic mass is 10.4. The lowest BCUT2D eigenvalue weighted by Crippen LogP contribution is -2.31. The van der Waals surface area contributed by atoms with Gasteiger partial charge in [0.15, 0.2) is 0 Å². The Hall–Kier alpha value is -1.54. The molecule has 2 aromatic rings. The quantitative estimate of drug-likeness (QED) is 0.879. The number of carbonyl (C=O) groups is 1. The summed E-state index contributed by atoms with van der Waals surface area (Å²) < 4.78 is 4.19. The highest BCUT2D eigenvalue weighted by Crippen LogP contribution is 2.10. The van der Waals surface area contributed by atoms with E-state index in [0.717, 1.165) is 17.4 Å². The van der Waals surface area contributed by atoms with Crippen LogP contribution < -0.4 is 5.32 Å². The summed E-state index contributed by atoms with van der Waals surface area (Å²) in [6.07, 6.45) is 0.834. The molecule has 0 radical (unpaired) electrons. The van der Waals surface area contributed by atoms with Crippen LogP contribution in [0.1, 0.15) is 23.2 Å². The molecule has 2 heterocycles. The third kappa shape index (κ3) is 3.71. The number of amides is 1. The lowest BCUT2D eigenvalue weighted by Gasteiger charge is -2.15. The molecule has 0 atom stereocenters. The summed E-state index contributed by atoms with van der Waals surface area (Å²) in [6.45, 7) is 3.26. The molecule has 0 unspecified atom stereocenters. The molecule has 0 saturated heterocycles. The number of thiazole rings is 1. The van der Waals surface area contributed by atoms with Crippen molar-refractivity contribution in [1.29, 1.82) is 0 Å². The van der Waals surface area contributed by atoms with E-state index in [4.69, 9.17) is 0 Å². The van der Waals surface area contributed by atoms with E-state index in [-0.39, 0.29) is 5.91 Å². The Labute approximate surface area is 119 Å². The van der Waals surface area contributed by atoms with Crippen LogP contribution in [0.4, 0.5) is 5.13 Å². The predicted octanol–water partition coefficient (Wildman–Crippen LogP) is 1.74. The van der Waals surface area contributed by atoms with Gasteiger partial charge in [0.05, 0.1) is 5.51 Å². The number of likely N-dealkylation sites (N-methyl/N-ethyl adjacent to an activating group) is 1. The van der Waals surface area contributed by atoms with E-state index < -0.39 is 0 Å². The summed E-state index contributed by atoms with van der Waals surface area (Å²) >= 11 is 2.77. The largest absolute Gasteiger partial charge is 0.359 e. The Bertz CT molecular complexity index is 525.